The number of halogens is 3. The molecule has 18 heavy (non-hydrogen) atoms. The van der Waals surface area contributed by atoms with E-state index in [9.17, 15) is 4.57 Å². The fourth-order valence-corrected chi connectivity index (χ4v) is 6.35. The third kappa shape index (κ3) is 6.57. The lowest BCUT2D eigenvalue weighted by Crippen LogP contribution is -2.40. The molecule has 4 nitrogen and oxygen atoms in total. The first-order valence-electron chi connectivity index (χ1n) is 5.59. The molecule has 0 heterocycles. The Morgan fingerprint density at radius 1 is 1.11 bits per heavy atom. The van der Waals surface area contributed by atoms with Gasteiger partial charge in [0.1, 0.15) is 0 Å². The van der Waals surface area contributed by atoms with E-state index in [4.69, 9.17) is 48.3 Å². The second kappa shape index (κ2) is 7.28. The molecule has 0 saturated heterocycles. The van der Waals surface area contributed by atoms with Crippen LogP contribution >= 0.6 is 42.4 Å². The predicted octanol–water partition coefficient (Wildman–Crippen LogP) is 4.80. The molecular weight excluding hydrogens is 338 g/mol. The normalized spacial score (nSPS) is 15.8. The van der Waals surface area contributed by atoms with Crippen LogP contribution < -0.4 is 0 Å². The molecule has 0 aliphatic carbocycles. The molecule has 0 bridgehead atoms. The molecule has 0 rings (SSSR count). The standard InChI is InChI=1S/C9H20Cl3O4PSi/c1-6-14-17(13,15-7-2)8(9(10,11)12)16-18(3,4)5/h8H,6-7H2,1-5H3. The monoisotopic (exact) mass is 356 g/mol. The van der Waals surface area contributed by atoms with Crippen molar-refractivity contribution in [2.24, 2.45) is 0 Å². The van der Waals surface area contributed by atoms with E-state index in [1.807, 2.05) is 19.6 Å². The van der Waals surface area contributed by atoms with E-state index in [0.717, 1.165) is 0 Å². The molecule has 0 N–H and O–H groups in total. The molecule has 0 saturated carbocycles. The van der Waals surface area contributed by atoms with Crippen molar-refractivity contribution in [3.8, 4) is 0 Å². The van der Waals surface area contributed by atoms with Crippen LogP contribution in [0.15, 0.2) is 0 Å². The average molecular weight is 358 g/mol. The van der Waals surface area contributed by atoms with E-state index >= 15 is 0 Å². The van der Waals surface area contributed by atoms with E-state index in [2.05, 4.69) is 0 Å². The Morgan fingerprint density at radius 2 is 1.50 bits per heavy atom. The second-order valence-electron chi connectivity index (χ2n) is 4.50. The average Bonchev–Trinajstić information content (AvgIpc) is 2.12. The van der Waals surface area contributed by atoms with Gasteiger partial charge >= 0.3 is 7.60 Å². The maximum Gasteiger partial charge on any atom is 0.362 e. The molecule has 0 aliphatic heterocycles. The van der Waals surface area contributed by atoms with Crippen LogP contribution in [0.5, 0.6) is 0 Å². The van der Waals surface area contributed by atoms with Gasteiger partial charge in [-0.3, -0.25) is 4.57 Å². The first-order chi connectivity index (χ1) is 7.96. The third-order valence-corrected chi connectivity index (χ3v) is 6.15. The van der Waals surface area contributed by atoms with E-state index in [-0.39, 0.29) is 13.2 Å². The van der Waals surface area contributed by atoms with Crippen molar-refractivity contribution in [2.75, 3.05) is 13.2 Å². The molecular formula is C9H20Cl3O4PSi. The molecule has 0 aromatic heterocycles. The largest absolute Gasteiger partial charge is 0.401 e. The van der Waals surface area contributed by atoms with Gasteiger partial charge in [-0.2, -0.15) is 0 Å². The Hall–Kier alpha value is 1.20. The summed E-state index contributed by atoms with van der Waals surface area (Å²) in [4.78, 5) is 0. The number of hydrogen-bond acceptors (Lipinski definition) is 4. The van der Waals surface area contributed by atoms with Gasteiger partial charge in [-0.25, -0.2) is 0 Å². The Bertz CT molecular complexity index is 293. The van der Waals surface area contributed by atoms with E-state index in [1.54, 1.807) is 13.8 Å². The summed E-state index contributed by atoms with van der Waals surface area (Å²) in [6.45, 7) is 9.45. The van der Waals surface area contributed by atoms with Crippen molar-refractivity contribution < 1.29 is 18.0 Å². The SMILES string of the molecule is CCOP(=O)(OCC)C(O[Si](C)(C)C)C(Cl)(Cl)Cl. The van der Waals surface area contributed by atoms with Crippen molar-refractivity contribution in [3.63, 3.8) is 0 Å². The summed E-state index contributed by atoms with van der Waals surface area (Å²) in [5.74, 6) is -1.22. The highest BCUT2D eigenvalue weighted by molar-refractivity contribution is 7.55. The second-order valence-corrected chi connectivity index (χ2v) is 13.4. The summed E-state index contributed by atoms with van der Waals surface area (Å²) in [6, 6.07) is 0. The fraction of sp³-hybridized carbons (Fsp3) is 1.00. The molecule has 0 spiro atoms. The lowest BCUT2D eigenvalue weighted by atomic mass is 10.8. The van der Waals surface area contributed by atoms with E-state index < -0.39 is 25.6 Å². The van der Waals surface area contributed by atoms with Gasteiger partial charge in [0, 0.05) is 0 Å². The lowest BCUT2D eigenvalue weighted by molar-refractivity contribution is 0.159. The third-order valence-electron chi connectivity index (χ3n) is 1.65. The van der Waals surface area contributed by atoms with Crippen LogP contribution in [0.25, 0.3) is 0 Å². The molecule has 0 aromatic carbocycles. The van der Waals surface area contributed by atoms with Gasteiger partial charge in [-0.15, -0.1) is 0 Å². The van der Waals surface area contributed by atoms with Gasteiger partial charge in [-0.05, 0) is 33.5 Å². The Balaban J connectivity index is 5.32. The minimum atomic E-state index is -3.63. The minimum Gasteiger partial charge on any atom is -0.401 e. The zero-order valence-corrected chi connectivity index (χ0v) is 15.4. The predicted molar refractivity (Wildman–Crippen MR) is 79.4 cm³/mol. The number of alkyl halides is 3. The van der Waals surface area contributed by atoms with Gasteiger partial charge in [0.25, 0.3) is 0 Å². The highest BCUT2D eigenvalue weighted by atomic mass is 35.6. The maximum absolute atomic E-state index is 12.6. The maximum atomic E-state index is 12.6. The first-order valence-corrected chi connectivity index (χ1v) is 11.7. The summed E-state index contributed by atoms with van der Waals surface area (Å²) in [7, 11) is -5.71. The van der Waals surface area contributed by atoms with Crippen molar-refractivity contribution >= 4 is 50.7 Å². The summed E-state index contributed by atoms with van der Waals surface area (Å²) in [6.07, 6.45) is 0. The fourth-order valence-electron chi connectivity index (χ4n) is 1.18. The smallest absolute Gasteiger partial charge is 0.362 e. The first kappa shape index (κ1) is 19.2. The summed E-state index contributed by atoms with van der Waals surface area (Å²) in [5.41, 5.74) is 0. The van der Waals surface area contributed by atoms with Crippen LogP contribution in [-0.4, -0.2) is 31.2 Å². The Morgan fingerprint density at radius 3 is 1.72 bits per heavy atom. The molecule has 9 heteroatoms. The van der Waals surface area contributed by atoms with Gasteiger partial charge in [-0.1, -0.05) is 34.8 Å². The quantitative estimate of drug-likeness (QED) is 0.373. The molecule has 1 unspecified atom stereocenters. The van der Waals surface area contributed by atoms with Crippen LogP contribution in [0.2, 0.25) is 19.6 Å². The van der Waals surface area contributed by atoms with Gasteiger partial charge in [0.15, 0.2) is 14.2 Å². The molecule has 0 fully saturated rings. The minimum absolute atomic E-state index is 0.184. The molecule has 0 aliphatic rings. The highest BCUT2D eigenvalue weighted by Crippen LogP contribution is 2.61. The zero-order valence-electron chi connectivity index (χ0n) is 11.2. The summed E-state index contributed by atoms with van der Waals surface area (Å²) < 4.78 is 26.8. The molecule has 0 amide bonds. The summed E-state index contributed by atoms with van der Waals surface area (Å²) >= 11 is 17.6. The van der Waals surface area contributed by atoms with Crippen LogP contribution in [0, 0.1) is 0 Å². The molecule has 1 atom stereocenters. The van der Waals surface area contributed by atoms with Crippen LogP contribution in [-0.2, 0) is 18.0 Å². The Kier molecular flexibility index (Phi) is 7.76. The van der Waals surface area contributed by atoms with Crippen LogP contribution in [0.1, 0.15) is 13.8 Å². The van der Waals surface area contributed by atoms with E-state index in [0.29, 0.717) is 0 Å². The highest BCUT2D eigenvalue weighted by Gasteiger charge is 2.51. The van der Waals surface area contributed by atoms with Crippen LogP contribution in [0.4, 0.5) is 0 Å². The van der Waals surface area contributed by atoms with Gasteiger partial charge < -0.3 is 13.5 Å². The van der Waals surface area contributed by atoms with Crippen molar-refractivity contribution in [1.29, 1.82) is 0 Å². The number of rotatable bonds is 7. The van der Waals surface area contributed by atoms with Crippen LogP contribution in [0.3, 0.4) is 0 Å². The summed E-state index contributed by atoms with van der Waals surface area (Å²) in [5, 5.41) is 0. The van der Waals surface area contributed by atoms with Crippen molar-refractivity contribution in [1.82, 2.24) is 0 Å². The van der Waals surface area contributed by atoms with Crippen molar-refractivity contribution in [3.05, 3.63) is 0 Å². The lowest BCUT2D eigenvalue weighted by Gasteiger charge is -2.35. The van der Waals surface area contributed by atoms with Gasteiger partial charge in [0.2, 0.25) is 3.79 Å². The number of hydrogen-bond donors (Lipinski definition) is 0. The molecule has 0 radical (unpaired) electrons. The zero-order chi connectivity index (χ0) is 14.6. The molecule has 110 valence electrons. The topological polar surface area (TPSA) is 44.8 Å². The van der Waals surface area contributed by atoms with E-state index in [1.165, 1.54) is 0 Å². The Labute approximate surface area is 125 Å². The van der Waals surface area contributed by atoms with Gasteiger partial charge in [0.05, 0.1) is 13.2 Å². The molecule has 0 aromatic rings. The van der Waals surface area contributed by atoms with Crippen molar-refractivity contribution in [2.45, 2.75) is 43.1 Å².